The van der Waals surface area contributed by atoms with Crippen LogP contribution in [0.5, 0.6) is 0 Å². The molecule has 0 fully saturated rings. The van der Waals surface area contributed by atoms with Gasteiger partial charge in [0, 0.05) is 19.4 Å². The number of rotatable bonds is 3. The van der Waals surface area contributed by atoms with E-state index in [0.717, 1.165) is 16.7 Å². The van der Waals surface area contributed by atoms with E-state index in [4.69, 9.17) is 4.42 Å². The Morgan fingerprint density at radius 3 is 2.74 bits per heavy atom. The van der Waals surface area contributed by atoms with Crippen LogP contribution in [0.3, 0.4) is 0 Å². The quantitative estimate of drug-likeness (QED) is 0.717. The molecule has 0 spiro atoms. The highest BCUT2D eigenvalue weighted by Gasteiger charge is 2.17. The fraction of sp³-hybridized carbons (Fsp3) is 0.200. The van der Waals surface area contributed by atoms with Gasteiger partial charge in [-0.1, -0.05) is 18.2 Å². The Hall–Kier alpha value is -2.36. The van der Waals surface area contributed by atoms with Gasteiger partial charge in [-0.2, -0.15) is 4.98 Å². The average molecular weight is 253 g/mol. The number of fused-ring (bicyclic) bond motifs is 1. The Kier molecular flexibility index (Phi) is 2.91. The highest BCUT2D eigenvalue weighted by atomic mass is 16.4. The van der Waals surface area contributed by atoms with Crippen LogP contribution in [0.15, 0.2) is 53.2 Å². The molecular weight excluding hydrogens is 238 g/mol. The molecular formula is C15H15N3O. The summed E-state index contributed by atoms with van der Waals surface area (Å²) < 4.78 is 5.77. The SMILES string of the molecule is CC(c1cccnc1)N(C)c1nc2ccccc2o1. The number of benzene rings is 1. The Morgan fingerprint density at radius 1 is 1.16 bits per heavy atom. The van der Waals surface area contributed by atoms with Crippen molar-refractivity contribution >= 4 is 17.1 Å². The maximum Gasteiger partial charge on any atom is 0.298 e. The van der Waals surface area contributed by atoms with Crippen molar-refractivity contribution in [3.8, 4) is 0 Å². The van der Waals surface area contributed by atoms with Crippen LogP contribution in [0.25, 0.3) is 11.1 Å². The number of para-hydroxylation sites is 2. The summed E-state index contributed by atoms with van der Waals surface area (Å²) in [5.41, 5.74) is 2.82. The Balaban J connectivity index is 1.93. The average Bonchev–Trinajstić information content (AvgIpc) is 2.90. The fourth-order valence-corrected chi connectivity index (χ4v) is 2.02. The van der Waals surface area contributed by atoms with E-state index in [2.05, 4.69) is 23.0 Å². The van der Waals surface area contributed by atoms with Gasteiger partial charge in [0.05, 0.1) is 6.04 Å². The monoisotopic (exact) mass is 253 g/mol. The lowest BCUT2D eigenvalue weighted by molar-refractivity contribution is 0.556. The summed E-state index contributed by atoms with van der Waals surface area (Å²) in [5.74, 6) is 0. The number of nitrogens with zero attached hydrogens (tertiary/aromatic N) is 3. The van der Waals surface area contributed by atoms with Crippen molar-refractivity contribution in [2.75, 3.05) is 11.9 Å². The number of hydrogen-bond donors (Lipinski definition) is 0. The number of pyridine rings is 1. The minimum Gasteiger partial charge on any atom is -0.423 e. The summed E-state index contributed by atoms with van der Waals surface area (Å²) >= 11 is 0. The molecule has 1 aromatic carbocycles. The van der Waals surface area contributed by atoms with Crippen LogP contribution in [0.2, 0.25) is 0 Å². The largest absolute Gasteiger partial charge is 0.423 e. The summed E-state index contributed by atoms with van der Waals surface area (Å²) in [7, 11) is 1.97. The first-order valence-electron chi connectivity index (χ1n) is 6.24. The Labute approximate surface area is 111 Å². The molecule has 3 aromatic rings. The number of oxazole rings is 1. The molecule has 19 heavy (non-hydrogen) atoms. The second kappa shape index (κ2) is 4.72. The zero-order valence-electron chi connectivity index (χ0n) is 10.9. The van der Waals surface area contributed by atoms with E-state index in [1.807, 2.05) is 48.5 Å². The van der Waals surface area contributed by atoms with Crippen LogP contribution >= 0.6 is 0 Å². The standard InChI is InChI=1S/C15H15N3O/c1-11(12-6-5-9-16-10-12)18(2)15-17-13-7-3-4-8-14(13)19-15/h3-11H,1-2H3. The molecule has 3 rings (SSSR count). The molecule has 0 N–H and O–H groups in total. The normalized spacial score (nSPS) is 12.5. The van der Waals surface area contributed by atoms with Gasteiger partial charge in [0.25, 0.3) is 6.01 Å². The van der Waals surface area contributed by atoms with Gasteiger partial charge in [0.1, 0.15) is 5.52 Å². The van der Waals surface area contributed by atoms with Gasteiger partial charge in [-0.05, 0) is 30.7 Å². The van der Waals surface area contributed by atoms with Crippen LogP contribution in [0, 0.1) is 0 Å². The Morgan fingerprint density at radius 2 is 2.00 bits per heavy atom. The van der Waals surface area contributed by atoms with Gasteiger partial charge >= 0.3 is 0 Å². The summed E-state index contributed by atoms with van der Waals surface area (Å²) in [4.78, 5) is 10.7. The van der Waals surface area contributed by atoms with Crippen LogP contribution in [0.4, 0.5) is 6.01 Å². The summed E-state index contributed by atoms with van der Waals surface area (Å²) in [6.45, 7) is 2.10. The van der Waals surface area contributed by atoms with Crippen LogP contribution < -0.4 is 4.90 Å². The zero-order chi connectivity index (χ0) is 13.2. The molecule has 0 saturated heterocycles. The predicted molar refractivity (Wildman–Crippen MR) is 75.1 cm³/mol. The van der Waals surface area contributed by atoms with Crippen LogP contribution in [-0.4, -0.2) is 17.0 Å². The highest BCUT2D eigenvalue weighted by molar-refractivity contribution is 5.74. The smallest absolute Gasteiger partial charge is 0.298 e. The van der Waals surface area contributed by atoms with Crippen molar-refractivity contribution in [2.45, 2.75) is 13.0 Å². The number of aromatic nitrogens is 2. The maximum absolute atomic E-state index is 5.77. The van der Waals surface area contributed by atoms with Crippen molar-refractivity contribution < 1.29 is 4.42 Å². The third-order valence-electron chi connectivity index (χ3n) is 3.33. The van der Waals surface area contributed by atoms with E-state index in [-0.39, 0.29) is 6.04 Å². The van der Waals surface area contributed by atoms with Crippen LogP contribution in [-0.2, 0) is 0 Å². The van der Waals surface area contributed by atoms with Gasteiger partial charge in [0.15, 0.2) is 5.58 Å². The van der Waals surface area contributed by atoms with Gasteiger partial charge in [-0.15, -0.1) is 0 Å². The molecule has 1 atom stereocenters. The molecule has 4 heteroatoms. The molecule has 0 radical (unpaired) electrons. The highest BCUT2D eigenvalue weighted by Crippen LogP contribution is 2.27. The lowest BCUT2D eigenvalue weighted by Gasteiger charge is -2.22. The third kappa shape index (κ3) is 2.17. The van der Waals surface area contributed by atoms with Crippen LogP contribution in [0.1, 0.15) is 18.5 Å². The second-order valence-electron chi connectivity index (χ2n) is 4.54. The molecule has 2 heterocycles. The summed E-state index contributed by atoms with van der Waals surface area (Å²) in [5, 5.41) is 0. The molecule has 1 unspecified atom stereocenters. The van der Waals surface area contributed by atoms with Gasteiger partial charge < -0.3 is 9.32 Å². The van der Waals surface area contributed by atoms with E-state index < -0.39 is 0 Å². The Bertz CT molecular complexity index is 645. The lowest BCUT2D eigenvalue weighted by atomic mass is 10.1. The molecule has 2 aromatic heterocycles. The van der Waals surface area contributed by atoms with Crippen molar-refractivity contribution in [1.29, 1.82) is 0 Å². The van der Waals surface area contributed by atoms with E-state index >= 15 is 0 Å². The molecule has 0 aliphatic rings. The first-order chi connectivity index (χ1) is 9.25. The molecule has 0 aliphatic carbocycles. The van der Waals surface area contributed by atoms with Gasteiger partial charge in [-0.3, -0.25) is 4.98 Å². The minimum atomic E-state index is 0.154. The lowest BCUT2D eigenvalue weighted by Crippen LogP contribution is -2.21. The molecule has 0 amide bonds. The van der Waals surface area contributed by atoms with E-state index in [1.54, 1.807) is 6.20 Å². The minimum absolute atomic E-state index is 0.154. The second-order valence-corrected chi connectivity index (χ2v) is 4.54. The first kappa shape index (κ1) is 11.7. The topological polar surface area (TPSA) is 42.2 Å². The molecule has 96 valence electrons. The van der Waals surface area contributed by atoms with E-state index in [1.165, 1.54) is 0 Å². The van der Waals surface area contributed by atoms with Gasteiger partial charge in [0.2, 0.25) is 0 Å². The molecule has 0 saturated carbocycles. The van der Waals surface area contributed by atoms with Gasteiger partial charge in [-0.25, -0.2) is 0 Å². The summed E-state index contributed by atoms with van der Waals surface area (Å²) in [6, 6.07) is 12.5. The third-order valence-corrected chi connectivity index (χ3v) is 3.33. The zero-order valence-corrected chi connectivity index (χ0v) is 10.9. The van der Waals surface area contributed by atoms with Crippen molar-refractivity contribution in [3.05, 3.63) is 54.4 Å². The predicted octanol–water partition coefficient (Wildman–Crippen LogP) is 3.42. The number of anilines is 1. The molecule has 4 nitrogen and oxygen atoms in total. The number of hydrogen-bond acceptors (Lipinski definition) is 4. The van der Waals surface area contributed by atoms with E-state index in [0.29, 0.717) is 6.01 Å². The molecule has 0 bridgehead atoms. The van der Waals surface area contributed by atoms with Crippen molar-refractivity contribution in [1.82, 2.24) is 9.97 Å². The fourth-order valence-electron chi connectivity index (χ4n) is 2.02. The van der Waals surface area contributed by atoms with E-state index in [9.17, 15) is 0 Å². The summed E-state index contributed by atoms with van der Waals surface area (Å²) in [6.07, 6.45) is 3.64. The molecule has 0 aliphatic heterocycles. The van der Waals surface area contributed by atoms with Crippen molar-refractivity contribution in [3.63, 3.8) is 0 Å². The van der Waals surface area contributed by atoms with Crippen molar-refractivity contribution in [2.24, 2.45) is 0 Å². The first-order valence-corrected chi connectivity index (χ1v) is 6.24. The maximum atomic E-state index is 5.77.